The maximum atomic E-state index is 13.2. The van der Waals surface area contributed by atoms with Crippen LogP contribution in [0.5, 0.6) is 0 Å². The van der Waals surface area contributed by atoms with Crippen molar-refractivity contribution in [2.45, 2.75) is 31.2 Å². The van der Waals surface area contributed by atoms with E-state index in [4.69, 9.17) is 10.8 Å². The Morgan fingerprint density at radius 2 is 1.95 bits per heavy atom. The molecule has 0 heterocycles. The van der Waals surface area contributed by atoms with Crippen molar-refractivity contribution in [2.24, 2.45) is 5.73 Å². The average Bonchev–Trinajstić information content (AvgIpc) is 2.79. The maximum Gasteiger partial charge on any atom is 0.338 e. The van der Waals surface area contributed by atoms with Gasteiger partial charge in [0.15, 0.2) is 0 Å². The Balaban J connectivity index is 2.17. The number of anilines is 1. The van der Waals surface area contributed by atoms with Crippen LogP contribution in [0.2, 0.25) is 0 Å². The van der Waals surface area contributed by atoms with Gasteiger partial charge in [-0.05, 0) is 31.0 Å². The molecule has 2 rings (SSSR count). The van der Waals surface area contributed by atoms with Crippen LogP contribution in [0.3, 0.4) is 0 Å². The molecule has 0 aromatic heterocycles. The molecule has 6 heteroatoms. The smallest absolute Gasteiger partial charge is 0.338 e. The molecule has 4 N–H and O–H groups in total. The van der Waals surface area contributed by atoms with Gasteiger partial charge in [0.25, 0.3) is 0 Å². The lowest BCUT2D eigenvalue weighted by Crippen LogP contribution is -2.48. The van der Waals surface area contributed by atoms with Crippen molar-refractivity contribution in [3.8, 4) is 0 Å². The number of rotatable bonds is 3. The molecular formula is C13H15FN2O3. The molecule has 0 radical (unpaired) electrons. The highest BCUT2D eigenvalue weighted by atomic mass is 19.1. The second kappa shape index (κ2) is 4.97. The molecule has 1 amide bonds. The molecule has 102 valence electrons. The molecule has 0 bridgehead atoms. The quantitative estimate of drug-likeness (QED) is 0.776. The third kappa shape index (κ3) is 2.73. The zero-order chi connectivity index (χ0) is 14.0. The summed E-state index contributed by atoms with van der Waals surface area (Å²) < 4.78 is 13.2. The maximum absolute atomic E-state index is 13.2. The number of halogens is 1. The Kier molecular flexibility index (Phi) is 3.53. The summed E-state index contributed by atoms with van der Waals surface area (Å²) >= 11 is 0. The second-order valence-corrected chi connectivity index (χ2v) is 4.82. The van der Waals surface area contributed by atoms with Crippen molar-refractivity contribution in [1.82, 2.24) is 0 Å². The van der Waals surface area contributed by atoms with Crippen molar-refractivity contribution in [1.29, 1.82) is 0 Å². The van der Waals surface area contributed by atoms with Gasteiger partial charge >= 0.3 is 5.97 Å². The van der Waals surface area contributed by atoms with E-state index in [1.165, 1.54) is 6.07 Å². The highest BCUT2D eigenvalue weighted by molar-refractivity contribution is 5.99. The van der Waals surface area contributed by atoms with E-state index in [2.05, 4.69) is 5.32 Å². The Labute approximate surface area is 109 Å². The Morgan fingerprint density at radius 1 is 1.32 bits per heavy atom. The van der Waals surface area contributed by atoms with E-state index >= 15 is 0 Å². The predicted octanol–water partition coefficient (Wildman–Crippen LogP) is 1.73. The van der Waals surface area contributed by atoms with E-state index in [9.17, 15) is 14.0 Å². The van der Waals surface area contributed by atoms with Crippen LogP contribution in [0.15, 0.2) is 18.2 Å². The van der Waals surface area contributed by atoms with E-state index in [1.807, 2.05) is 0 Å². The molecule has 1 aliphatic carbocycles. The van der Waals surface area contributed by atoms with Gasteiger partial charge in [0.05, 0.1) is 11.1 Å². The van der Waals surface area contributed by atoms with Crippen molar-refractivity contribution in [3.63, 3.8) is 0 Å². The number of carboxylic acids is 1. The fraction of sp³-hybridized carbons (Fsp3) is 0.385. The Hall–Kier alpha value is -1.95. The molecule has 19 heavy (non-hydrogen) atoms. The normalized spacial score (nSPS) is 17.2. The van der Waals surface area contributed by atoms with E-state index in [1.54, 1.807) is 0 Å². The number of nitrogens with one attached hydrogen (secondary N) is 1. The van der Waals surface area contributed by atoms with Crippen LogP contribution >= 0.6 is 0 Å². The lowest BCUT2D eigenvalue weighted by Gasteiger charge is -2.22. The minimum Gasteiger partial charge on any atom is -0.478 e. The third-order valence-corrected chi connectivity index (χ3v) is 3.40. The Bertz CT molecular complexity index is 525. The zero-order valence-electron chi connectivity index (χ0n) is 10.3. The number of aromatic carboxylic acids is 1. The van der Waals surface area contributed by atoms with Gasteiger partial charge in [-0.2, -0.15) is 0 Å². The van der Waals surface area contributed by atoms with Gasteiger partial charge in [0, 0.05) is 5.69 Å². The van der Waals surface area contributed by atoms with Gasteiger partial charge in [-0.1, -0.05) is 12.8 Å². The van der Waals surface area contributed by atoms with E-state index < -0.39 is 22.9 Å². The first-order chi connectivity index (χ1) is 8.92. The minimum absolute atomic E-state index is 0.237. The van der Waals surface area contributed by atoms with Gasteiger partial charge in [0.2, 0.25) is 5.91 Å². The lowest BCUT2D eigenvalue weighted by molar-refractivity contribution is -0.121. The van der Waals surface area contributed by atoms with E-state index in [0.717, 1.165) is 25.0 Å². The van der Waals surface area contributed by atoms with Crippen LogP contribution in [-0.4, -0.2) is 22.5 Å². The summed E-state index contributed by atoms with van der Waals surface area (Å²) in [4.78, 5) is 22.8. The number of carbonyl (C=O) groups excluding carboxylic acids is 1. The molecule has 5 nitrogen and oxygen atoms in total. The molecule has 1 aromatic carbocycles. The monoisotopic (exact) mass is 266 g/mol. The largest absolute Gasteiger partial charge is 0.478 e. The van der Waals surface area contributed by atoms with Gasteiger partial charge in [-0.15, -0.1) is 0 Å². The number of hydrogen-bond donors (Lipinski definition) is 3. The lowest BCUT2D eigenvalue weighted by atomic mass is 9.98. The highest BCUT2D eigenvalue weighted by Gasteiger charge is 2.37. The molecule has 1 saturated carbocycles. The van der Waals surface area contributed by atoms with E-state index in [-0.39, 0.29) is 11.6 Å². The summed E-state index contributed by atoms with van der Waals surface area (Å²) in [6.45, 7) is 0. The van der Waals surface area contributed by atoms with Crippen molar-refractivity contribution >= 4 is 17.6 Å². The molecule has 1 aromatic rings. The standard InChI is InChI=1S/C13H15FN2O3/c14-10-4-3-8(7-9(10)11(17)18)16-12(19)13(15)5-1-2-6-13/h3-4,7H,1-2,5-6,15H2,(H,16,19)(H,17,18). The van der Waals surface area contributed by atoms with Crippen LogP contribution in [0, 0.1) is 5.82 Å². The fourth-order valence-corrected chi connectivity index (χ4v) is 2.26. The summed E-state index contributed by atoms with van der Waals surface area (Å²) in [5, 5.41) is 11.4. The molecule has 0 spiro atoms. The van der Waals surface area contributed by atoms with Gasteiger partial charge in [-0.3, -0.25) is 4.79 Å². The topological polar surface area (TPSA) is 92.4 Å². The zero-order valence-corrected chi connectivity index (χ0v) is 10.3. The number of nitrogens with two attached hydrogens (primary N) is 1. The molecule has 0 atom stereocenters. The predicted molar refractivity (Wildman–Crippen MR) is 67.4 cm³/mol. The van der Waals surface area contributed by atoms with Crippen LogP contribution in [0.4, 0.5) is 10.1 Å². The number of amides is 1. The van der Waals surface area contributed by atoms with Crippen molar-refractivity contribution < 1.29 is 19.1 Å². The second-order valence-electron chi connectivity index (χ2n) is 4.82. The first-order valence-corrected chi connectivity index (χ1v) is 6.05. The van der Waals surface area contributed by atoms with Gasteiger partial charge in [0.1, 0.15) is 5.82 Å². The van der Waals surface area contributed by atoms with Crippen LogP contribution in [0.25, 0.3) is 0 Å². The summed E-state index contributed by atoms with van der Waals surface area (Å²) in [6, 6.07) is 3.42. The average molecular weight is 266 g/mol. The SMILES string of the molecule is NC1(C(=O)Nc2ccc(F)c(C(=O)O)c2)CCCC1. The molecular weight excluding hydrogens is 251 g/mol. The van der Waals surface area contributed by atoms with Crippen LogP contribution < -0.4 is 11.1 Å². The fourth-order valence-electron chi connectivity index (χ4n) is 2.26. The number of carbonyl (C=O) groups is 2. The van der Waals surface area contributed by atoms with Crippen molar-refractivity contribution in [3.05, 3.63) is 29.6 Å². The highest BCUT2D eigenvalue weighted by Crippen LogP contribution is 2.28. The summed E-state index contributed by atoms with van der Waals surface area (Å²) in [6.07, 6.45) is 3.00. The third-order valence-electron chi connectivity index (χ3n) is 3.40. The van der Waals surface area contributed by atoms with Crippen molar-refractivity contribution in [2.75, 3.05) is 5.32 Å². The molecule has 0 unspecified atom stereocenters. The molecule has 1 fully saturated rings. The summed E-state index contributed by atoms with van der Waals surface area (Å²) in [5.41, 5.74) is 4.83. The Morgan fingerprint density at radius 3 is 2.53 bits per heavy atom. The van der Waals surface area contributed by atoms with Crippen LogP contribution in [-0.2, 0) is 4.79 Å². The summed E-state index contributed by atoms with van der Waals surface area (Å²) in [5.74, 6) is -2.57. The van der Waals surface area contributed by atoms with Crippen LogP contribution in [0.1, 0.15) is 36.0 Å². The van der Waals surface area contributed by atoms with Gasteiger partial charge in [-0.25, -0.2) is 9.18 Å². The number of benzene rings is 1. The summed E-state index contributed by atoms with van der Waals surface area (Å²) in [7, 11) is 0. The van der Waals surface area contributed by atoms with Gasteiger partial charge < -0.3 is 16.2 Å². The van der Waals surface area contributed by atoms with E-state index in [0.29, 0.717) is 12.8 Å². The first kappa shape index (κ1) is 13.5. The molecule has 0 saturated heterocycles. The number of hydrogen-bond acceptors (Lipinski definition) is 3. The molecule has 1 aliphatic rings. The number of carboxylic acid groups (broad SMARTS) is 1. The molecule has 0 aliphatic heterocycles. The minimum atomic E-state index is -1.38. The first-order valence-electron chi connectivity index (χ1n) is 6.05.